The Balaban J connectivity index is 2.04. The second-order valence-corrected chi connectivity index (χ2v) is 4.95. The molecule has 0 radical (unpaired) electrons. The molecule has 2 aromatic carbocycles. The third kappa shape index (κ3) is 1.69. The summed E-state index contributed by atoms with van der Waals surface area (Å²) < 4.78 is 8.50. The normalized spacial score (nSPS) is 11.3. The van der Waals surface area contributed by atoms with Gasteiger partial charge in [-0.1, -0.05) is 12.1 Å². The second kappa shape index (κ2) is 4.31. The zero-order valence-electron chi connectivity index (χ0n) is 11.5. The van der Waals surface area contributed by atoms with Gasteiger partial charge in [0.15, 0.2) is 5.52 Å². The minimum atomic E-state index is -0.0751. The van der Waals surface area contributed by atoms with Crippen LogP contribution < -0.4 is 15.0 Å². The van der Waals surface area contributed by atoms with Gasteiger partial charge in [-0.05, 0) is 36.4 Å². The summed E-state index contributed by atoms with van der Waals surface area (Å²) in [6.45, 7) is 0. The fraction of sp³-hybridized carbons (Fsp3) is 0.0588. The van der Waals surface area contributed by atoms with Gasteiger partial charge in [0, 0.05) is 5.39 Å². The third-order valence-corrected chi connectivity index (χ3v) is 3.77. The summed E-state index contributed by atoms with van der Waals surface area (Å²) in [4.78, 5) is 12.6. The molecular formula is C17H13N2O2+. The average molecular weight is 277 g/mol. The molecule has 4 heteroatoms. The Morgan fingerprint density at radius 3 is 2.52 bits per heavy atom. The maximum atomic E-state index is 12.6. The van der Waals surface area contributed by atoms with E-state index in [-0.39, 0.29) is 5.69 Å². The molecular weight excluding hydrogens is 264 g/mol. The molecule has 4 rings (SSSR count). The summed E-state index contributed by atoms with van der Waals surface area (Å²) in [7, 11) is 1.62. The smallest absolute Gasteiger partial charge is 0.497 e. The fourth-order valence-electron chi connectivity index (χ4n) is 2.72. The number of hydrogen-bond acceptors (Lipinski definition) is 2. The van der Waals surface area contributed by atoms with Gasteiger partial charge in [-0.2, -0.15) is 13.8 Å². The summed E-state index contributed by atoms with van der Waals surface area (Å²) in [6.07, 6.45) is 3.70. The maximum absolute atomic E-state index is 12.6. The molecule has 0 fully saturated rings. The van der Waals surface area contributed by atoms with E-state index in [1.54, 1.807) is 16.1 Å². The lowest BCUT2D eigenvalue weighted by Crippen LogP contribution is -2.50. The number of benzene rings is 2. The molecule has 2 aromatic heterocycles. The standard InChI is InChI=1S/C17H13N2O2/c1-21-15-7-5-14(6-8-15)19-11-13-4-2-3-12-9-10-18(16(12)13)17(19)20/h2-11H,1H3/q+1. The molecule has 0 spiro atoms. The summed E-state index contributed by atoms with van der Waals surface area (Å²) in [6, 6.07) is 15.4. The predicted octanol–water partition coefficient (Wildman–Crippen LogP) is 2.18. The lowest BCUT2D eigenvalue weighted by Gasteiger charge is -2.03. The molecule has 0 amide bonds. The number of nitrogens with zero attached hydrogens (tertiary/aromatic N) is 2. The topological polar surface area (TPSA) is 34.6 Å². The first-order chi connectivity index (χ1) is 10.3. The van der Waals surface area contributed by atoms with Gasteiger partial charge in [-0.15, -0.1) is 0 Å². The third-order valence-electron chi connectivity index (χ3n) is 3.77. The number of methoxy groups -OCH3 is 1. The largest absolute Gasteiger partial charge is 0.508 e. The van der Waals surface area contributed by atoms with Gasteiger partial charge in [0.05, 0.1) is 12.5 Å². The van der Waals surface area contributed by atoms with Crippen LogP contribution in [0.1, 0.15) is 0 Å². The Hall–Kier alpha value is -2.88. The Bertz CT molecular complexity index is 987. The van der Waals surface area contributed by atoms with E-state index in [9.17, 15) is 4.79 Å². The van der Waals surface area contributed by atoms with Crippen LogP contribution >= 0.6 is 0 Å². The highest BCUT2D eigenvalue weighted by Gasteiger charge is 2.17. The number of aromatic nitrogens is 2. The first-order valence-electron chi connectivity index (χ1n) is 6.70. The molecule has 0 saturated carbocycles. The monoisotopic (exact) mass is 277 g/mol. The van der Waals surface area contributed by atoms with Crippen LogP contribution in [-0.4, -0.2) is 11.5 Å². The van der Waals surface area contributed by atoms with Crippen molar-refractivity contribution in [3.8, 4) is 11.4 Å². The second-order valence-electron chi connectivity index (χ2n) is 4.95. The Kier molecular flexibility index (Phi) is 2.44. The average Bonchev–Trinajstić information content (AvgIpc) is 2.97. The van der Waals surface area contributed by atoms with E-state index in [1.165, 1.54) is 0 Å². The van der Waals surface area contributed by atoms with Gasteiger partial charge in [-0.25, -0.2) is 0 Å². The van der Waals surface area contributed by atoms with Crippen LogP contribution in [0.4, 0.5) is 0 Å². The first kappa shape index (κ1) is 11.9. The van der Waals surface area contributed by atoms with Gasteiger partial charge in [0.1, 0.15) is 23.8 Å². The zero-order valence-corrected chi connectivity index (χ0v) is 11.5. The Morgan fingerprint density at radius 1 is 1.00 bits per heavy atom. The van der Waals surface area contributed by atoms with Crippen LogP contribution in [0.25, 0.3) is 22.0 Å². The van der Waals surface area contributed by atoms with Crippen molar-refractivity contribution in [3.63, 3.8) is 0 Å². The van der Waals surface area contributed by atoms with Gasteiger partial charge in [0.25, 0.3) is 0 Å². The van der Waals surface area contributed by atoms with E-state index < -0.39 is 0 Å². The fourth-order valence-corrected chi connectivity index (χ4v) is 2.72. The van der Waals surface area contributed by atoms with E-state index in [4.69, 9.17) is 4.74 Å². The van der Waals surface area contributed by atoms with Crippen LogP contribution in [0.2, 0.25) is 0 Å². The van der Waals surface area contributed by atoms with Gasteiger partial charge in [0.2, 0.25) is 0 Å². The van der Waals surface area contributed by atoms with Crippen molar-refractivity contribution in [2.45, 2.75) is 0 Å². The highest BCUT2D eigenvalue weighted by atomic mass is 16.5. The summed E-state index contributed by atoms with van der Waals surface area (Å²) in [5.41, 5.74) is 1.71. The molecule has 4 nitrogen and oxygen atoms in total. The molecule has 4 aromatic rings. The van der Waals surface area contributed by atoms with Crippen molar-refractivity contribution in [1.29, 1.82) is 0 Å². The van der Waals surface area contributed by atoms with Crippen LogP contribution in [-0.2, 0) is 0 Å². The molecule has 0 unspecified atom stereocenters. The van der Waals surface area contributed by atoms with Crippen molar-refractivity contribution < 1.29 is 9.30 Å². The van der Waals surface area contributed by atoms with Crippen molar-refractivity contribution in [3.05, 3.63) is 71.4 Å². The van der Waals surface area contributed by atoms with E-state index in [0.29, 0.717) is 0 Å². The Morgan fingerprint density at radius 2 is 1.76 bits per heavy atom. The highest BCUT2D eigenvalue weighted by molar-refractivity contribution is 5.95. The number of rotatable bonds is 2. The summed E-state index contributed by atoms with van der Waals surface area (Å²) >= 11 is 0. The molecule has 0 aliphatic carbocycles. The number of hydrogen-bond donors (Lipinski definition) is 0. The van der Waals surface area contributed by atoms with Crippen molar-refractivity contribution in [2.24, 2.45) is 0 Å². The zero-order chi connectivity index (χ0) is 14.4. The Labute approximate surface area is 120 Å². The van der Waals surface area contributed by atoms with Gasteiger partial charge < -0.3 is 4.74 Å². The number of para-hydroxylation sites is 1. The van der Waals surface area contributed by atoms with Gasteiger partial charge in [-0.3, -0.25) is 0 Å². The maximum Gasteiger partial charge on any atom is 0.508 e. The minimum absolute atomic E-state index is 0.0751. The summed E-state index contributed by atoms with van der Waals surface area (Å²) in [5.74, 6) is 0.770. The lowest BCUT2D eigenvalue weighted by atomic mass is 10.2. The van der Waals surface area contributed by atoms with Crippen molar-refractivity contribution in [1.82, 2.24) is 4.40 Å². The molecule has 0 aliphatic rings. The lowest BCUT2D eigenvalue weighted by molar-refractivity contribution is -0.614. The molecule has 2 heterocycles. The quantitative estimate of drug-likeness (QED) is 0.526. The van der Waals surface area contributed by atoms with Crippen LogP contribution in [0.15, 0.2) is 65.7 Å². The van der Waals surface area contributed by atoms with Crippen molar-refractivity contribution >= 4 is 16.3 Å². The first-order valence-corrected chi connectivity index (χ1v) is 6.70. The molecule has 102 valence electrons. The molecule has 0 atom stereocenters. The van der Waals surface area contributed by atoms with Crippen LogP contribution in [0.5, 0.6) is 5.75 Å². The highest BCUT2D eigenvalue weighted by Crippen LogP contribution is 2.19. The van der Waals surface area contributed by atoms with E-state index >= 15 is 0 Å². The van der Waals surface area contributed by atoms with E-state index in [1.807, 2.05) is 60.9 Å². The number of ether oxygens (including phenoxy) is 1. The SMILES string of the molecule is COc1ccc(-[n+]2cc3cccc4ccn(c2=O)c43)cc1. The van der Waals surface area contributed by atoms with Crippen molar-refractivity contribution in [2.75, 3.05) is 7.11 Å². The molecule has 21 heavy (non-hydrogen) atoms. The molecule has 0 bridgehead atoms. The molecule has 0 aliphatic heterocycles. The predicted molar refractivity (Wildman–Crippen MR) is 80.4 cm³/mol. The van der Waals surface area contributed by atoms with Crippen LogP contribution in [0, 0.1) is 0 Å². The molecule has 0 N–H and O–H groups in total. The minimum Gasteiger partial charge on any atom is -0.497 e. The van der Waals surface area contributed by atoms with E-state index in [2.05, 4.69) is 0 Å². The summed E-state index contributed by atoms with van der Waals surface area (Å²) in [5, 5.41) is 2.11. The molecule has 0 saturated heterocycles. The van der Waals surface area contributed by atoms with Crippen LogP contribution in [0.3, 0.4) is 0 Å². The van der Waals surface area contributed by atoms with Gasteiger partial charge >= 0.3 is 5.69 Å². The van der Waals surface area contributed by atoms with E-state index in [0.717, 1.165) is 27.7 Å².